The minimum Gasteiger partial charge on any atom is -0.494 e. The summed E-state index contributed by atoms with van der Waals surface area (Å²) in [5.41, 5.74) is 2.11. The average Bonchev–Trinajstić information content (AvgIpc) is 2.22. The molecule has 3 heteroatoms. The van der Waals surface area contributed by atoms with E-state index in [4.69, 9.17) is 4.74 Å². The van der Waals surface area contributed by atoms with Crippen molar-refractivity contribution in [3.05, 3.63) is 28.8 Å². The Morgan fingerprint density at radius 1 is 1.19 bits per heavy atom. The van der Waals surface area contributed by atoms with Crippen molar-refractivity contribution in [1.82, 2.24) is 0 Å². The molecule has 3 nitrogen and oxygen atoms in total. The van der Waals surface area contributed by atoms with E-state index in [2.05, 4.69) is 0 Å². The molecule has 86 valence electrons. The van der Waals surface area contributed by atoms with Crippen LogP contribution in [-0.2, 0) is 4.79 Å². The van der Waals surface area contributed by atoms with Gasteiger partial charge >= 0.3 is 0 Å². The van der Waals surface area contributed by atoms with E-state index in [-0.39, 0.29) is 0 Å². The second kappa shape index (κ2) is 4.92. The summed E-state index contributed by atoms with van der Waals surface area (Å²) in [6.07, 6.45) is 0. The molecule has 0 radical (unpaired) electrons. The monoisotopic (exact) mass is 220 g/mol. The van der Waals surface area contributed by atoms with E-state index in [9.17, 15) is 9.59 Å². The number of aryl methyl sites for hydroxylation is 2. The van der Waals surface area contributed by atoms with Crippen molar-refractivity contribution in [2.45, 2.75) is 27.7 Å². The summed E-state index contributed by atoms with van der Waals surface area (Å²) in [6, 6.07) is 3.51. The summed E-state index contributed by atoms with van der Waals surface area (Å²) in [4.78, 5) is 22.6. The van der Waals surface area contributed by atoms with Gasteiger partial charge in [0, 0.05) is 12.5 Å². The van der Waals surface area contributed by atoms with Crippen molar-refractivity contribution in [2.24, 2.45) is 0 Å². The molecule has 0 heterocycles. The molecule has 0 bridgehead atoms. The second-order valence-corrected chi connectivity index (χ2v) is 3.75. The van der Waals surface area contributed by atoms with Gasteiger partial charge in [-0.2, -0.15) is 0 Å². The highest BCUT2D eigenvalue weighted by molar-refractivity contribution is 6.43. The molecule has 16 heavy (non-hydrogen) atoms. The fraction of sp³-hybridized carbons (Fsp3) is 0.385. The van der Waals surface area contributed by atoms with E-state index in [1.54, 1.807) is 19.1 Å². The smallest absolute Gasteiger partial charge is 0.228 e. The fourth-order valence-electron chi connectivity index (χ4n) is 1.53. The highest BCUT2D eigenvalue weighted by atomic mass is 16.5. The molecule has 0 aromatic heterocycles. The van der Waals surface area contributed by atoms with Gasteiger partial charge < -0.3 is 4.74 Å². The summed E-state index contributed by atoms with van der Waals surface area (Å²) in [6.45, 7) is 7.44. The highest BCUT2D eigenvalue weighted by Gasteiger charge is 2.15. The third-order valence-corrected chi connectivity index (χ3v) is 2.39. The van der Waals surface area contributed by atoms with E-state index >= 15 is 0 Å². The number of ether oxygens (including phenoxy) is 1. The molecule has 1 aromatic rings. The Labute approximate surface area is 95.4 Å². The lowest BCUT2D eigenvalue weighted by molar-refractivity contribution is -0.113. The number of carbonyl (C=O) groups excluding carboxylic acids is 2. The minimum atomic E-state index is -0.441. The first-order valence-corrected chi connectivity index (χ1v) is 5.26. The predicted octanol–water partition coefficient (Wildman–Crippen LogP) is 2.47. The van der Waals surface area contributed by atoms with Crippen LogP contribution < -0.4 is 4.74 Å². The molecule has 1 rings (SSSR count). The van der Waals surface area contributed by atoms with Gasteiger partial charge in [0.25, 0.3) is 0 Å². The summed E-state index contributed by atoms with van der Waals surface area (Å²) in [7, 11) is 0. The van der Waals surface area contributed by atoms with E-state index in [0.717, 1.165) is 16.9 Å². The zero-order valence-electron chi connectivity index (χ0n) is 10.1. The molecule has 0 saturated heterocycles. The van der Waals surface area contributed by atoms with Gasteiger partial charge in [-0.05, 0) is 44.0 Å². The Balaban J connectivity index is 3.20. The Hall–Kier alpha value is -1.64. The highest BCUT2D eigenvalue weighted by Crippen LogP contribution is 2.23. The maximum Gasteiger partial charge on any atom is 0.228 e. The van der Waals surface area contributed by atoms with Crippen LogP contribution in [0.25, 0.3) is 0 Å². The zero-order chi connectivity index (χ0) is 12.3. The molecule has 0 aliphatic rings. The van der Waals surface area contributed by atoms with E-state index in [1.165, 1.54) is 6.92 Å². The summed E-state index contributed by atoms with van der Waals surface area (Å²) >= 11 is 0. The number of hydrogen-bond acceptors (Lipinski definition) is 3. The second-order valence-electron chi connectivity index (χ2n) is 3.75. The lowest BCUT2D eigenvalue weighted by Gasteiger charge is -2.10. The molecule has 0 aliphatic carbocycles. The molecular weight excluding hydrogens is 204 g/mol. The number of hydrogen-bond donors (Lipinski definition) is 0. The fourth-order valence-corrected chi connectivity index (χ4v) is 1.53. The van der Waals surface area contributed by atoms with Crippen molar-refractivity contribution in [3.8, 4) is 5.75 Å². The van der Waals surface area contributed by atoms with Crippen molar-refractivity contribution >= 4 is 11.6 Å². The maximum atomic E-state index is 11.6. The maximum absolute atomic E-state index is 11.6. The van der Waals surface area contributed by atoms with Gasteiger partial charge in [0.1, 0.15) is 5.75 Å². The molecule has 0 spiro atoms. The first kappa shape index (κ1) is 12.4. The molecule has 0 fully saturated rings. The van der Waals surface area contributed by atoms with Crippen LogP contribution in [0.1, 0.15) is 35.3 Å². The lowest BCUT2D eigenvalue weighted by Crippen LogP contribution is -2.12. The first-order valence-electron chi connectivity index (χ1n) is 5.26. The lowest BCUT2D eigenvalue weighted by atomic mass is 9.99. The molecule has 1 aromatic carbocycles. The number of ketones is 2. The number of carbonyl (C=O) groups is 2. The number of rotatable bonds is 4. The quantitative estimate of drug-likeness (QED) is 0.578. The van der Waals surface area contributed by atoms with Gasteiger partial charge in [0.15, 0.2) is 5.78 Å². The van der Waals surface area contributed by atoms with Gasteiger partial charge in [-0.1, -0.05) is 0 Å². The Morgan fingerprint density at radius 3 is 2.31 bits per heavy atom. The van der Waals surface area contributed by atoms with Gasteiger partial charge in [-0.15, -0.1) is 0 Å². The topological polar surface area (TPSA) is 43.4 Å². The van der Waals surface area contributed by atoms with Gasteiger partial charge in [-0.25, -0.2) is 0 Å². The zero-order valence-corrected chi connectivity index (χ0v) is 10.1. The minimum absolute atomic E-state index is 0.438. The Kier molecular flexibility index (Phi) is 3.82. The SMILES string of the molecule is CCOc1cc(C)c(C(=O)C(C)=O)cc1C. The van der Waals surface area contributed by atoms with Gasteiger partial charge in [0.05, 0.1) is 6.61 Å². The summed E-state index contributed by atoms with van der Waals surface area (Å²) in [5, 5.41) is 0. The molecule has 0 atom stereocenters. The van der Waals surface area contributed by atoms with Crippen LogP contribution in [0.5, 0.6) is 5.75 Å². The van der Waals surface area contributed by atoms with Crippen LogP contribution in [0.3, 0.4) is 0 Å². The Bertz CT molecular complexity index is 433. The van der Waals surface area contributed by atoms with Crippen LogP contribution in [0.2, 0.25) is 0 Å². The van der Waals surface area contributed by atoms with Crippen LogP contribution in [0, 0.1) is 13.8 Å². The molecule has 0 saturated carbocycles. The van der Waals surface area contributed by atoms with E-state index in [0.29, 0.717) is 12.2 Å². The molecule has 0 unspecified atom stereocenters. The standard InChI is InChI=1S/C13H16O3/c1-5-16-12-7-8(2)11(6-9(12)3)13(15)10(4)14/h6-7H,5H2,1-4H3. The third-order valence-electron chi connectivity index (χ3n) is 2.39. The van der Waals surface area contributed by atoms with Crippen molar-refractivity contribution in [3.63, 3.8) is 0 Å². The molecular formula is C13H16O3. The first-order chi connectivity index (χ1) is 7.47. The number of Topliss-reactive ketones (excluding diaryl/α,β-unsaturated/α-hetero) is 2. The third kappa shape index (κ3) is 2.48. The van der Waals surface area contributed by atoms with Crippen molar-refractivity contribution in [2.75, 3.05) is 6.61 Å². The van der Waals surface area contributed by atoms with Gasteiger partial charge in [-0.3, -0.25) is 9.59 Å². The van der Waals surface area contributed by atoms with Crippen LogP contribution in [0.4, 0.5) is 0 Å². The molecule has 0 aliphatic heterocycles. The van der Waals surface area contributed by atoms with E-state index in [1.807, 2.05) is 13.8 Å². The molecule has 0 amide bonds. The van der Waals surface area contributed by atoms with Gasteiger partial charge in [0.2, 0.25) is 5.78 Å². The average molecular weight is 220 g/mol. The summed E-state index contributed by atoms with van der Waals surface area (Å²) < 4.78 is 5.42. The van der Waals surface area contributed by atoms with Crippen LogP contribution >= 0.6 is 0 Å². The molecule has 0 N–H and O–H groups in total. The normalized spacial score (nSPS) is 10.0. The number of benzene rings is 1. The van der Waals surface area contributed by atoms with Crippen LogP contribution in [0.15, 0.2) is 12.1 Å². The largest absolute Gasteiger partial charge is 0.494 e. The Morgan fingerprint density at radius 2 is 1.81 bits per heavy atom. The van der Waals surface area contributed by atoms with Crippen molar-refractivity contribution < 1.29 is 14.3 Å². The predicted molar refractivity (Wildman–Crippen MR) is 62.1 cm³/mol. The van der Waals surface area contributed by atoms with Crippen molar-refractivity contribution in [1.29, 1.82) is 0 Å². The van der Waals surface area contributed by atoms with Crippen LogP contribution in [-0.4, -0.2) is 18.2 Å². The van der Waals surface area contributed by atoms with E-state index < -0.39 is 11.6 Å². The summed E-state index contributed by atoms with van der Waals surface area (Å²) in [5.74, 6) is -0.115.